The molecule has 0 saturated heterocycles. The molecule has 0 spiro atoms. The quantitative estimate of drug-likeness (QED) is 0.0604. The highest BCUT2D eigenvalue weighted by Gasteiger charge is 2.39. The third-order valence-electron chi connectivity index (χ3n) is 11.3. The summed E-state index contributed by atoms with van der Waals surface area (Å²) in [5.74, 6) is 7.93. The summed E-state index contributed by atoms with van der Waals surface area (Å²) in [5.41, 5.74) is 12.7. The number of rotatable bonds is 10. The standard InChI is InChI=1S/C46H54Si2/c1-11-13-25-47(33(3)4,34(5)6)27-23-41-43-29-37-19-15-17-21-39(37)31-45(43)42(24-28-48(35(7)8,36(9)10)26-14-12-2)46-32-40-22-18-16-20-38(40)30-44(41)46/h11-12,15-22,29-36H,1-2,13-14,25-26H2,3-10H3. The lowest BCUT2D eigenvalue weighted by Gasteiger charge is -2.34. The van der Waals surface area contributed by atoms with Crippen molar-refractivity contribution >= 4 is 59.2 Å². The maximum Gasteiger partial charge on any atom is 0.144 e. The first-order valence-electron chi connectivity index (χ1n) is 18.1. The molecule has 0 unspecified atom stereocenters. The first-order chi connectivity index (χ1) is 23.0. The number of hydrogen-bond acceptors (Lipinski definition) is 0. The van der Waals surface area contributed by atoms with E-state index in [1.807, 2.05) is 0 Å². The second kappa shape index (κ2) is 14.7. The molecule has 246 valence electrons. The van der Waals surface area contributed by atoms with Crippen LogP contribution in [-0.4, -0.2) is 16.1 Å². The zero-order valence-corrected chi connectivity index (χ0v) is 32.6. The fourth-order valence-corrected chi connectivity index (χ4v) is 16.6. The van der Waals surface area contributed by atoms with E-state index < -0.39 is 16.1 Å². The monoisotopic (exact) mass is 662 g/mol. The predicted octanol–water partition coefficient (Wildman–Crippen LogP) is 13.8. The van der Waals surface area contributed by atoms with E-state index in [0.717, 1.165) is 36.1 Å². The molecule has 0 bridgehead atoms. The van der Waals surface area contributed by atoms with Gasteiger partial charge in [0.05, 0.1) is 0 Å². The Kier molecular flexibility index (Phi) is 10.9. The third kappa shape index (κ3) is 6.59. The van der Waals surface area contributed by atoms with Crippen LogP contribution in [0, 0.1) is 22.9 Å². The number of fused-ring (bicyclic) bond motifs is 4. The Hall–Kier alpha value is -3.83. The zero-order valence-electron chi connectivity index (χ0n) is 30.6. The Balaban J connectivity index is 1.98. The second-order valence-corrected chi connectivity index (χ2v) is 25.4. The van der Waals surface area contributed by atoms with Crippen LogP contribution in [-0.2, 0) is 0 Å². The van der Waals surface area contributed by atoms with Crippen molar-refractivity contribution in [1.29, 1.82) is 0 Å². The van der Waals surface area contributed by atoms with Crippen LogP contribution in [0.5, 0.6) is 0 Å². The molecule has 5 aromatic rings. The minimum atomic E-state index is -1.99. The van der Waals surface area contributed by atoms with Crippen LogP contribution < -0.4 is 0 Å². The predicted molar refractivity (Wildman–Crippen MR) is 221 cm³/mol. The molecule has 5 aromatic carbocycles. The second-order valence-electron chi connectivity index (χ2n) is 15.1. The van der Waals surface area contributed by atoms with Crippen molar-refractivity contribution < 1.29 is 0 Å². The molecule has 48 heavy (non-hydrogen) atoms. The van der Waals surface area contributed by atoms with Gasteiger partial charge < -0.3 is 0 Å². The molecule has 0 fully saturated rings. The van der Waals surface area contributed by atoms with Crippen molar-refractivity contribution in [3.8, 4) is 22.9 Å². The van der Waals surface area contributed by atoms with E-state index in [0.29, 0.717) is 22.2 Å². The molecule has 0 nitrogen and oxygen atoms in total. The molecular formula is C46H54Si2. The number of hydrogen-bond donors (Lipinski definition) is 0. The van der Waals surface area contributed by atoms with E-state index in [4.69, 9.17) is 0 Å². The lowest BCUT2D eigenvalue weighted by molar-refractivity contribution is 0.886. The van der Waals surface area contributed by atoms with Crippen LogP contribution in [0.4, 0.5) is 0 Å². The van der Waals surface area contributed by atoms with E-state index in [1.54, 1.807) is 0 Å². The van der Waals surface area contributed by atoms with Crippen LogP contribution in [0.1, 0.15) is 79.4 Å². The van der Waals surface area contributed by atoms with Crippen LogP contribution >= 0.6 is 0 Å². The number of benzene rings is 5. The normalized spacial score (nSPS) is 12.2. The van der Waals surface area contributed by atoms with Crippen LogP contribution in [0.15, 0.2) is 98.1 Å². The van der Waals surface area contributed by atoms with Crippen LogP contribution in [0.25, 0.3) is 43.1 Å². The average Bonchev–Trinajstić information content (AvgIpc) is 3.06. The number of allylic oxidation sites excluding steroid dienone is 2. The lowest BCUT2D eigenvalue weighted by Crippen LogP contribution is -2.40. The smallest absolute Gasteiger partial charge is 0.125 e. The summed E-state index contributed by atoms with van der Waals surface area (Å²) >= 11 is 0. The summed E-state index contributed by atoms with van der Waals surface area (Å²) in [7, 11) is -3.98. The Morgan fingerprint density at radius 3 is 1.00 bits per heavy atom. The molecule has 0 atom stereocenters. The van der Waals surface area contributed by atoms with Gasteiger partial charge in [0.2, 0.25) is 0 Å². The van der Waals surface area contributed by atoms with Gasteiger partial charge in [-0.05, 0) is 114 Å². The highest BCUT2D eigenvalue weighted by Crippen LogP contribution is 2.41. The first kappa shape index (κ1) is 35.5. The van der Waals surface area contributed by atoms with Gasteiger partial charge in [0, 0.05) is 11.1 Å². The fourth-order valence-electron chi connectivity index (χ4n) is 8.10. The molecule has 0 aliphatic rings. The highest BCUT2D eigenvalue weighted by molar-refractivity contribution is 6.90. The summed E-state index contributed by atoms with van der Waals surface area (Å²) < 4.78 is 0. The minimum absolute atomic E-state index is 0.551. The van der Waals surface area contributed by atoms with Crippen molar-refractivity contribution in [3.63, 3.8) is 0 Å². The first-order valence-corrected chi connectivity index (χ1v) is 22.8. The van der Waals surface area contributed by atoms with Crippen molar-refractivity contribution in [3.05, 3.63) is 109 Å². The van der Waals surface area contributed by atoms with Gasteiger partial charge in [-0.2, -0.15) is 0 Å². The zero-order chi connectivity index (χ0) is 34.6. The van der Waals surface area contributed by atoms with Crippen LogP contribution in [0.3, 0.4) is 0 Å². The van der Waals surface area contributed by atoms with E-state index in [-0.39, 0.29) is 0 Å². The minimum Gasteiger partial charge on any atom is -0.125 e. The molecule has 0 radical (unpaired) electrons. The molecule has 5 rings (SSSR count). The third-order valence-corrected chi connectivity index (χ3v) is 23.0. The van der Waals surface area contributed by atoms with Crippen molar-refractivity contribution in [1.82, 2.24) is 0 Å². The summed E-state index contributed by atoms with van der Waals surface area (Å²) in [6.07, 6.45) is 6.20. The van der Waals surface area contributed by atoms with Crippen LogP contribution in [0.2, 0.25) is 34.3 Å². The molecule has 0 N–H and O–H groups in total. The van der Waals surface area contributed by atoms with E-state index in [1.165, 1.54) is 43.1 Å². The Labute approximate surface area is 292 Å². The van der Waals surface area contributed by atoms with Crippen molar-refractivity contribution in [2.75, 3.05) is 0 Å². The molecule has 0 amide bonds. The van der Waals surface area contributed by atoms with Gasteiger partial charge in [-0.15, -0.1) is 24.2 Å². The fraction of sp³-hybridized carbons (Fsp3) is 0.348. The summed E-state index contributed by atoms with van der Waals surface area (Å²) in [6.45, 7) is 27.3. The molecular weight excluding hydrogens is 609 g/mol. The summed E-state index contributed by atoms with van der Waals surface area (Å²) in [4.78, 5) is 0. The summed E-state index contributed by atoms with van der Waals surface area (Å²) in [6, 6.07) is 29.4. The van der Waals surface area contributed by atoms with Gasteiger partial charge in [-0.3, -0.25) is 0 Å². The molecule has 0 aliphatic carbocycles. The van der Waals surface area contributed by atoms with E-state index in [9.17, 15) is 0 Å². The van der Waals surface area contributed by atoms with E-state index >= 15 is 0 Å². The van der Waals surface area contributed by atoms with Gasteiger partial charge in [0.25, 0.3) is 0 Å². The van der Waals surface area contributed by atoms with Gasteiger partial charge in [-0.1, -0.05) is 128 Å². The molecule has 2 heteroatoms. The SMILES string of the molecule is C=CCC[Si](C#Cc1c2cc3ccccc3cc2c(C#C[Si](CCC=C)(C(C)C)C(C)C)c2cc3ccccc3cc12)(C(C)C)C(C)C. The van der Waals surface area contributed by atoms with Crippen molar-refractivity contribution in [2.24, 2.45) is 0 Å². The maximum absolute atomic E-state index is 4.09. The van der Waals surface area contributed by atoms with Crippen molar-refractivity contribution in [2.45, 2.75) is 102 Å². The average molecular weight is 663 g/mol. The summed E-state index contributed by atoms with van der Waals surface area (Å²) in [5, 5.41) is 9.87. The van der Waals surface area contributed by atoms with E-state index in [2.05, 4.69) is 176 Å². The molecule has 0 saturated carbocycles. The van der Waals surface area contributed by atoms with Gasteiger partial charge in [-0.25, -0.2) is 0 Å². The van der Waals surface area contributed by atoms with Gasteiger partial charge >= 0.3 is 0 Å². The Bertz CT molecular complexity index is 1840. The maximum atomic E-state index is 4.09. The Morgan fingerprint density at radius 2 is 0.771 bits per heavy atom. The Morgan fingerprint density at radius 1 is 0.500 bits per heavy atom. The molecule has 0 aliphatic heterocycles. The lowest BCUT2D eigenvalue weighted by atomic mass is 9.89. The largest absolute Gasteiger partial charge is 0.144 e. The van der Waals surface area contributed by atoms with Gasteiger partial charge in [0.1, 0.15) is 16.1 Å². The highest BCUT2D eigenvalue weighted by atomic mass is 28.3. The van der Waals surface area contributed by atoms with Gasteiger partial charge in [0.15, 0.2) is 0 Å². The molecule has 0 heterocycles. The molecule has 0 aromatic heterocycles. The topological polar surface area (TPSA) is 0 Å².